The lowest BCUT2D eigenvalue weighted by atomic mass is 10.1. The molecule has 0 saturated carbocycles. The molecule has 0 unspecified atom stereocenters. The highest BCUT2D eigenvalue weighted by molar-refractivity contribution is 8.08. The minimum Gasteiger partial charge on any atom is -0.440 e. The zero-order valence-corrected chi connectivity index (χ0v) is 12.0. The zero-order chi connectivity index (χ0) is 14.1. The fourth-order valence-corrected chi connectivity index (χ4v) is 3.39. The number of nitriles is 1. The summed E-state index contributed by atoms with van der Waals surface area (Å²) >= 11 is 1.67. The van der Waals surface area contributed by atoms with Gasteiger partial charge < -0.3 is 10.2 Å². The topological polar surface area (TPSA) is 63.0 Å². The molecule has 0 atom stereocenters. The van der Waals surface area contributed by atoms with Crippen molar-refractivity contribution in [3.8, 4) is 17.4 Å². The second-order valence-corrected chi connectivity index (χ2v) is 5.88. The van der Waals surface area contributed by atoms with Crippen LogP contribution in [-0.2, 0) is 0 Å². The van der Waals surface area contributed by atoms with Gasteiger partial charge in [-0.1, -0.05) is 29.8 Å². The van der Waals surface area contributed by atoms with E-state index in [2.05, 4.69) is 6.07 Å². The second-order valence-electron chi connectivity index (χ2n) is 4.77. The SMILES string of the molecule is Cc1ccc(-c2cc(C3=C(C#N)CCS3)c(N)o2)cc1. The van der Waals surface area contributed by atoms with Crippen molar-refractivity contribution in [2.75, 3.05) is 11.5 Å². The summed E-state index contributed by atoms with van der Waals surface area (Å²) in [7, 11) is 0. The zero-order valence-electron chi connectivity index (χ0n) is 11.1. The van der Waals surface area contributed by atoms with Crippen LogP contribution in [0, 0.1) is 18.3 Å². The first kappa shape index (κ1) is 12.9. The molecular weight excluding hydrogens is 268 g/mol. The Morgan fingerprint density at radius 1 is 1.30 bits per heavy atom. The van der Waals surface area contributed by atoms with Gasteiger partial charge in [0.05, 0.1) is 11.6 Å². The lowest BCUT2D eigenvalue weighted by Crippen LogP contribution is -1.86. The van der Waals surface area contributed by atoms with Crippen LogP contribution in [0.25, 0.3) is 16.2 Å². The first-order valence-corrected chi connectivity index (χ1v) is 7.40. The maximum Gasteiger partial charge on any atom is 0.199 e. The molecule has 0 bridgehead atoms. The molecule has 0 spiro atoms. The van der Waals surface area contributed by atoms with Crippen LogP contribution in [0.1, 0.15) is 17.5 Å². The molecule has 0 fully saturated rings. The van der Waals surface area contributed by atoms with Gasteiger partial charge in [0.25, 0.3) is 0 Å². The van der Waals surface area contributed by atoms with Crippen molar-refractivity contribution in [2.24, 2.45) is 0 Å². The maximum atomic E-state index is 9.15. The highest BCUT2D eigenvalue weighted by Crippen LogP contribution is 2.43. The van der Waals surface area contributed by atoms with Gasteiger partial charge >= 0.3 is 0 Å². The van der Waals surface area contributed by atoms with Gasteiger partial charge in [-0.05, 0) is 19.4 Å². The third-order valence-corrected chi connectivity index (χ3v) is 4.51. The Morgan fingerprint density at radius 2 is 2.05 bits per heavy atom. The number of hydrogen-bond acceptors (Lipinski definition) is 4. The van der Waals surface area contributed by atoms with Gasteiger partial charge in [-0.15, -0.1) is 11.8 Å². The van der Waals surface area contributed by atoms with Crippen LogP contribution in [0.3, 0.4) is 0 Å². The number of rotatable bonds is 2. The standard InChI is InChI=1S/C16H14N2OS/c1-10-2-4-11(5-3-10)14-8-13(16(18)19-14)15-12(9-17)6-7-20-15/h2-5,8H,6-7,18H2,1H3. The molecule has 0 amide bonds. The summed E-state index contributed by atoms with van der Waals surface area (Å²) in [6.07, 6.45) is 0.807. The van der Waals surface area contributed by atoms with Crippen LogP contribution in [0.2, 0.25) is 0 Å². The Hall–Kier alpha value is -2.12. The fourth-order valence-electron chi connectivity index (χ4n) is 2.25. The number of nitrogens with two attached hydrogens (primary N) is 1. The van der Waals surface area contributed by atoms with E-state index in [1.165, 1.54) is 5.56 Å². The van der Waals surface area contributed by atoms with Gasteiger partial charge in [0.2, 0.25) is 0 Å². The number of thioether (sulfide) groups is 1. The number of anilines is 1. The lowest BCUT2D eigenvalue weighted by molar-refractivity contribution is 0.602. The van der Waals surface area contributed by atoms with E-state index in [0.717, 1.165) is 39.5 Å². The van der Waals surface area contributed by atoms with E-state index < -0.39 is 0 Å². The first-order valence-electron chi connectivity index (χ1n) is 6.42. The fraction of sp³-hybridized carbons (Fsp3) is 0.188. The van der Waals surface area contributed by atoms with E-state index >= 15 is 0 Å². The van der Waals surface area contributed by atoms with Gasteiger partial charge in [-0.3, -0.25) is 0 Å². The Bertz CT molecular complexity index is 720. The molecule has 0 radical (unpaired) electrons. The Kier molecular flexibility index (Phi) is 3.29. The van der Waals surface area contributed by atoms with Crippen molar-refractivity contribution in [3.63, 3.8) is 0 Å². The van der Waals surface area contributed by atoms with Crippen LogP contribution < -0.4 is 5.73 Å². The molecule has 4 heteroatoms. The summed E-state index contributed by atoms with van der Waals surface area (Å²) in [5.74, 6) is 2.07. The maximum absolute atomic E-state index is 9.15. The Labute approximate surface area is 122 Å². The number of allylic oxidation sites excluding steroid dienone is 1. The Balaban J connectivity index is 2.04. The molecule has 1 aliphatic heterocycles. The third-order valence-electron chi connectivity index (χ3n) is 3.35. The molecule has 1 aromatic carbocycles. The number of nitrogens with zero attached hydrogens (tertiary/aromatic N) is 1. The van der Waals surface area contributed by atoms with E-state index in [1.807, 2.05) is 37.3 Å². The van der Waals surface area contributed by atoms with Crippen molar-refractivity contribution >= 4 is 22.6 Å². The highest BCUT2D eigenvalue weighted by atomic mass is 32.2. The predicted molar refractivity (Wildman–Crippen MR) is 82.9 cm³/mol. The summed E-state index contributed by atoms with van der Waals surface area (Å²) in [4.78, 5) is 0.965. The summed E-state index contributed by atoms with van der Waals surface area (Å²) in [6.45, 7) is 2.05. The molecule has 2 N–H and O–H groups in total. The van der Waals surface area contributed by atoms with Crippen molar-refractivity contribution in [2.45, 2.75) is 13.3 Å². The molecule has 100 valence electrons. The van der Waals surface area contributed by atoms with Crippen LogP contribution >= 0.6 is 11.8 Å². The summed E-state index contributed by atoms with van der Waals surface area (Å²) in [5.41, 5.74) is 9.83. The largest absolute Gasteiger partial charge is 0.440 e. The quantitative estimate of drug-likeness (QED) is 0.896. The monoisotopic (exact) mass is 282 g/mol. The van der Waals surface area contributed by atoms with Gasteiger partial charge in [0.1, 0.15) is 5.76 Å². The number of nitrogen functional groups attached to an aromatic ring is 1. The minimum absolute atomic E-state index is 0.387. The summed E-state index contributed by atoms with van der Waals surface area (Å²) in [5, 5.41) is 9.15. The number of aryl methyl sites for hydroxylation is 1. The van der Waals surface area contributed by atoms with E-state index in [1.54, 1.807) is 11.8 Å². The first-order chi connectivity index (χ1) is 9.69. The smallest absolute Gasteiger partial charge is 0.199 e. The number of benzene rings is 1. The minimum atomic E-state index is 0.387. The van der Waals surface area contributed by atoms with Crippen LogP contribution in [-0.4, -0.2) is 5.75 Å². The van der Waals surface area contributed by atoms with Crippen molar-refractivity contribution in [1.29, 1.82) is 5.26 Å². The van der Waals surface area contributed by atoms with Crippen LogP contribution in [0.4, 0.5) is 5.88 Å². The predicted octanol–water partition coefficient (Wildman–Crippen LogP) is 4.21. The average Bonchev–Trinajstić information content (AvgIpc) is 3.05. The lowest BCUT2D eigenvalue weighted by Gasteiger charge is -1.98. The van der Waals surface area contributed by atoms with E-state index in [4.69, 9.17) is 15.4 Å². The average molecular weight is 282 g/mol. The summed E-state index contributed by atoms with van der Waals surface area (Å²) in [6, 6.07) is 12.3. The van der Waals surface area contributed by atoms with Crippen molar-refractivity contribution < 1.29 is 4.42 Å². The molecule has 2 aromatic rings. The van der Waals surface area contributed by atoms with E-state index in [0.29, 0.717) is 5.88 Å². The van der Waals surface area contributed by atoms with Gasteiger partial charge in [0, 0.05) is 21.8 Å². The molecule has 1 aromatic heterocycles. The number of furan rings is 1. The number of hydrogen-bond donors (Lipinski definition) is 1. The van der Waals surface area contributed by atoms with E-state index in [-0.39, 0.29) is 0 Å². The van der Waals surface area contributed by atoms with Gasteiger partial charge in [-0.25, -0.2) is 0 Å². The molecule has 20 heavy (non-hydrogen) atoms. The molecule has 0 saturated heterocycles. The molecule has 3 rings (SSSR count). The molecule has 2 heterocycles. The van der Waals surface area contributed by atoms with Crippen molar-refractivity contribution in [3.05, 3.63) is 47.0 Å². The third kappa shape index (κ3) is 2.21. The molecule has 1 aliphatic rings. The Morgan fingerprint density at radius 3 is 2.75 bits per heavy atom. The van der Waals surface area contributed by atoms with Gasteiger partial charge in [0.15, 0.2) is 5.88 Å². The van der Waals surface area contributed by atoms with Gasteiger partial charge in [-0.2, -0.15) is 5.26 Å². The highest BCUT2D eigenvalue weighted by Gasteiger charge is 2.22. The molecule has 3 nitrogen and oxygen atoms in total. The molecular formula is C16H14N2OS. The van der Waals surface area contributed by atoms with Crippen molar-refractivity contribution in [1.82, 2.24) is 0 Å². The molecule has 0 aliphatic carbocycles. The second kappa shape index (κ2) is 5.10. The van der Waals surface area contributed by atoms with Crippen LogP contribution in [0.5, 0.6) is 0 Å². The van der Waals surface area contributed by atoms with Crippen LogP contribution in [0.15, 0.2) is 40.3 Å². The van der Waals surface area contributed by atoms with E-state index in [9.17, 15) is 0 Å². The summed E-state index contributed by atoms with van der Waals surface area (Å²) < 4.78 is 5.67. The normalized spacial score (nSPS) is 14.6.